The van der Waals surface area contributed by atoms with Crippen LogP contribution in [0.15, 0.2) is 12.1 Å². The van der Waals surface area contributed by atoms with Crippen molar-refractivity contribution in [3.63, 3.8) is 0 Å². The Hall–Kier alpha value is -1.78. The summed E-state index contributed by atoms with van der Waals surface area (Å²) in [4.78, 5) is 0. The Labute approximate surface area is 81.4 Å². The van der Waals surface area contributed by atoms with E-state index in [0.717, 1.165) is 0 Å². The Kier molecular flexibility index (Phi) is 2.91. The average molecular weight is 197 g/mol. The molecule has 4 nitrogen and oxygen atoms in total. The van der Waals surface area contributed by atoms with Crippen molar-refractivity contribution in [3.8, 4) is 0 Å². The number of nitrogen functional groups attached to an aromatic ring is 1. The fourth-order valence-corrected chi connectivity index (χ4v) is 1.17. The van der Waals surface area contributed by atoms with Gasteiger partial charge in [0.15, 0.2) is 0 Å². The molecule has 0 spiro atoms. The van der Waals surface area contributed by atoms with Crippen molar-refractivity contribution in [2.45, 2.75) is 0 Å². The zero-order chi connectivity index (χ0) is 10.7. The molecule has 0 heterocycles. The SMILES string of the molecule is CNc1c(F)cc(N)cc1C(=N)OC. The highest BCUT2D eigenvalue weighted by atomic mass is 19.1. The van der Waals surface area contributed by atoms with Gasteiger partial charge >= 0.3 is 0 Å². The Balaban J connectivity index is 3.32. The van der Waals surface area contributed by atoms with Crippen LogP contribution in [-0.4, -0.2) is 20.1 Å². The van der Waals surface area contributed by atoms with Gasteiger partial charge in [0.05, 0.1) is 18.4 Å². The van der Waals surface area contributed by atoms with E-state index in [4.69, 9.17) is 15.9 Å². The Morgan fingerprint density at radius 2 is 2.21 bits per heavy atom. The van der Waals surface area contributed by atoms with Crippen molar-refractivity contribution in [3.05, 3.63) is 23.5 Å². The van der Waals surface area contributed by atoms with Gasteiger partial charge in [-0.3, -0.25) is 5.41 Å². The zero-order valence-corrected chi connectivity index (χ0v) is 8.02. The maximum Gasteiger partial charge on any atom is 0.215 e. The van der Waals surface area contributed by atoms with Crippen molar-refractivity contribution in [2.24, 2.45) is 0 Å². The van der Waals surface area contributed by atoms with Crippen LogP contribution < -0.4 is 11.1 Å². The molecule has 0 aliphatic carbocycles. The lowest BCUT2D eigenvalue weighted by Gasteiger charge is -2.11. The van der Waals surface area contributed by atoms with Gasteiger partial charge in [0.2, 0.25) is 5.90 Å². The van der Waals surface area contributed by atoms with E-state index in [0.29, 0.717) is 5.56 Å². The van der Waals surface area contributed by atoms with E-state index in [1.165, 1.54) is 19.2 Å². The standard InChI is InChI=1S/C9H12FN3O/c1-13-8-6(9(12)14-2)3-5(11)4-7(8)10/h3-4,12-13H,11H2,1-2H3. The monoisotopic (exact) mass is 197 g/mol. The van der Waals surface area contributed by atoms with Gasteiger partial charge in [-0.1, -0.05) is 0 Å². The van der Waals surface area contributed by atoms with E-state index >= 15 is 0 Å². The van der Waals surface area contributed by atoms with Gasteiger partial charge in [0, 0.05) is 12.7 Å². The third-order valence-electron chi connectivity index (χ3n) is 1.81. The minimum atomic E-state index is -0.496. The fourth-order valence-electron chi connectivity index (χ4n) is 1.17. The Morgan fingerprint density at radius 3 is 2.71 bits per heavy atom. The number of hydrogen-bond acceptors (Lipinski definition) is 4. The molecule has 4 N–H and O–H groups in total. The first-order chi connectivity index (χ1) is 6.60. The summed E-state index contributed by atoms with van der Waals surface area (Å²) in [5.41, 5.74) is 6.24. The molecule has 0 aromatic heterocycles. The van der Waals surface area contributed by atoms with E-state index in [-0.39, 0.29) is 17.3 Å². The van der Waals surface area contributed by atoms with E-state index in [2.05, 4.69) is 5.32 Å². The second-order valence-corrected chi connectivity index (χ2v) is 2.71. The molecule has 1 aromatic carbocycles. The molecule has 0 saturated carbocycles. The lowest BCUT2D eigenvalue weighted by Crippen LogP contribution is -2.08. The smallest absolute Gasteiger partial charge is 0.215 e. The molecule has 1 rings (SSSR count). The molecule has 0 amide bonds. The number of rotatable bonds is 2. The van der Waals surface area contributed by atoms with Crippen LogP contribution in [0.4, 0.5) is 15.8 Å². The molecule has 5 heteroatoms. The minimum Gasteiger partial charge on any atom is -0.481 e. The van der Waals surface area contributed by atoms with Gasteiger partial charge < -0.3 is 15.8 Å². The number of nitrogens with one attached hydrogen (secondary N) is 2. The summed E-state index contributed by atoms with van der Waals surface area (Å²) in [5.74, 6) is -0.621. The summed E-state index contributed by atoms with van der Waals surface area (Å²) in [6.45, 7) is 0. The molecule has 0 atom stereocenters. The van der Waals surface area contributed by atoms with Crippen molar-refractivity contribution >= 4 is 17.3 Å². The van der Waals surface area contributed by atoms with Crippen LogP contribution in [0.5, 0.6) is 0 Å². The quantitative estimate of drug-likeness (QED) is 0.381. The highest BCUT2D eigenvalue weighted by Gasteiger charge is 2.12. The zero-order valence-electron chi connectivity index (χ0n) is 8.02. The summed E-state index contributed by atoms with van der Waals surface area (Å²) < 4.78 is 18.0. The third-order valence-corrected chi connectivity index (χ3v) is 1.81. The van der Waals surface area contributed by atoms with E-state index in [1.54, 1.807) is 7.05 Å². The predicted octanol–water partition coefficient (Wildman–Crippen LogP) is 1.42. The largest absolute Gasteiger partial charge is 0.481 e. The molecule has 0 saturated heterocycles. The first-order valence-electron chi connectivity index (χ1n) is 3.99. The average Bonchev–Trinajstić information content (AvgIpc) is 2.15. The van der Waals surface area contributed by atoms with Gasteiger partial charge in [0.25, 0.3) is 0 Å². The minimum absolute atomic E-state index is 0.124. The van der Waals surface area contributed by atoms with E-state index < -0.39 is 5.82 Å². The topological polar surface area (TPSA) is 71.1 Å². The second kappa shape index (κ2) is 3.95. The summed E-state index contributed by atoms with van der Waals surface area (Å²) in [7, 11) is 2.92. The van der Waals surface area contributed by atoms with Crippen molar-refractivity contribution in [1.82, 2.24) is 0 Å². The molecule has 1 aromatic rings. The number of hydrogen-bond donors (Lipinski definition) is 3. The molecule has 0 aliphatic rings. The van der Waals surface area contributed by atoms with Crippen molar-refractivity contribution < 1.29 is 9.13 Å². The molecule has 0 radical (unpaired) electrons. The number of nitrogens with two attached hydrogens (primary N) is 1. The van der Waals surface area contributed by atoms with E-state index in [1.807, 2.05) is 0 Å². The first-order valence-corrected chi connectivity index (χ1v) is 3.99. The van der Waals surface area contributed by atoms with Crippen LogP contribution in [0.3, 0.4) is 0 Å². The van der Waals surface area contributed by atoms with Crippen LogP contribution in [0.25, 0.3) is 0 Å². The third kappa shape index (κ3) is 1.76. The second-order valence-electron chi connectivity index (χ2n) is 2.71. The summed E-state index contributed by atoms with van der Waals surface area (Å²) in [5, 5.41) is 10.1. The van der Waals surface area contributed by atoms with Crippen LogP contribution in [0, 0.1) is 11.2 Å². The maximum atomic E-state index is 13.3. The lowest BCUT2D eigenvalue weighted by atomic mass is 10.1. The van der Waals surface area contributed by atoms with Crippen molar-refractivity contribution in [1.29, 1.82) is 5.41 Å². The number of methoxy groups -OCH3 is 1. The van der Waals surface area contributed by atoms with Gasteiger partial charge in [-0.05, 0) is 12.1 Å². The molecular formula is C9H12FN3O. The molecule has 14 heavy (non-hydrogen) atoms. The summed E-state index contributed by atoms with van der Waals surface area (Å²) in [6, 6.07) is 2.68. The molecular weight excluding hydrogens is 185 g/mol. The fraction of sp³-hybridized carbons (Fsp3) is 0.222. The van der Waals surface area contributed by atoms with Crippen LogP contribution in [-0.2, 0) is 4.74 Å². The molecule has 0 aliphatic heterocycles. The van der Waals surface area contributed by atoms with E-state index in [9.17, 15) is 4.39 Å². The molecule has 0 unspecified atom stereocenters. The molecule has 0 bridgehead atoms. The molecule has 0 fully saturated rings. The lowest BCUT2D eigenvalue weighted by molar-refractivity contribution is 0.401. The highest BCUT2D eigenvalue weighted by Crippen LogP contribution is 2.23. The Bertz CT molecular complexity index is 365. The number of halogens is 1. The first kappa shape index (κ1) is 10.3. The number of ether oxygens (including phenoxy) is 1. The Morgan fingerprint density at radius 1 is 1.57 bits per heavy atom. The normalized spacial score (nSPS) is 9.64. The van der Waals surface area contributed by atoms with Crippen LogP contribution >= 0.6 is 0 Å². The van der Waals surface area contributed by atoms with Gasteiger partial charge in [-0.25, -0.2) is 4.39 Å². The highest BCUT2D eigenvalue weighted by molar-refractivity contribution is 5.98. The van der Waals surface area contributed by atoms with Crippen LogP contribution in [0.1, 0.15) is 5.56 Å². The number of anilines is 2. The molecule has 76 valence electrons. The summed E-state index contributed by atoms with van der Waals surface area (Å²) in [6.07, 6.45) is 0. The predicted molar refractivity (Wildman–Crippen MR) is 54.2 cm³/mol. The number of benzene rings is 1. The van der Waals surface area contributed by atoms with Gasteiger partial charge in [0.1, 0.15) is 5.82 Å². The summed E-state index contributed by atoms with van der Waals surface area (Å²) >= 11 is 0. The van der Waals surface area contributed by atoms with Gasteiger partial charge in [-0.15, -0.1) is 0 Å². The maximum absolute atomic E-state index is 13.3. The van der Waals surface area contributed by atoms with Crippen molar-refractivity contribution in [2.75, 3.05) is 25.2 Å². The van der Waals surface area contributed by atoms with Gasteiger partial charge in [-0.2, -0.15) is 0 Å². The van der Waals surface area contributed by atoms with Crippen LogP contribution in [0.2, 0.25) is 0 Å².